The van der Waals surface area contributed by atoms with Gasteiger partial charge in [-0.15, -0.1) is 0 Å². The van der Waals surface area contributed by atoms with E-state index in [0.29, 0.717) is 11.1 Å². The third-order valence-corrected chi connectivity index (χ3v) is 3.22. The lowest BCUT2D eigenvalue weighted by Gasteiger charge is -2.18. The van der Waals surface area contributed by atoms with Crippen LogP contribution in [0, 0.1) is 5.82 Å². The zero-order chi connectivity index (χ0) is 15.5. The van der Waals surface area contributed by atoms with Crippen LogP contribution in [0.4, 0.5) is 17.6 Å². The first-order chi connectivity index (χ1) is 9.91. The predicted molar refractivity (Wildman–Crippen MR) is 71.1 cm³/mol. The normalized spacial score (nSPS) is 13.2. The van der Waals surface area contributed by atoms with E-state index in [2.05, 4.69) is 10.3 Å². The van der Waals surface area contributed by atoms with E-state index < -0.39 is 23.6 Å². The van der Waals surface area contributed by atoms with Gasteiger partial charge in [0, 0.05) is 17.8 Å². The number of pyridine rings is 1. The fourth-order valence-corrected chi connectivity index (χ4v) is 2.15. The maximum Gasteiger partial charge on any atom is 0.416 e. The summed E-state index contributed by atoms with van der Waals surface area (Å²) in [6.07, 6.45) is -1.59. The minimum absolute atomic E-state index is 0.251. The maximum atomic E-state index is 13.7. The average Bonchev–Trinajstić information content (AvgIpc) is 2.45. The van der Waals surface area contributed by atoms with E-state index in [0.717, 1.165) is 18.3 Å². The second-order valence-electron chi connectivity index (χ2n) is 4.64. The van der Waals surface area contributed by atoms with E-state index in [1.54, 1.807) is 13.1 Å². The van der Waals surface area contributed by atoms with Gasteiger partial charge in [-0.25, -0.2) is 4.39 Å². The van der Waals surface area contributed by atoms with E-state index in [1.165, 1.54) is 18.3 Å². The molecule has 1 aromatic heterocycles. The number of alkyl halides is 3. The number of halogens is 4. The van der Waals surface area contributed by atoms with E-state index in [-0.39, 0.29) is 6.42 Å². The smallest absolute Gasteiger partial charge is 0.313 e. The zero-order valence-electron chi connectivity index (χ0n) is 11.3. The predicted octanol–water partition coefficient (Wildman–Crippen LogP) is 3.74. The van der Waals surface area contributed by atoms with Gasteiger partial charge in [-0.3, -0.25) is 4.98 Å². The molecular weight excluding hydrogens is 284 g/mol. The van der Waals surface area contributed by atoms with Gasteiger partial charge in [-0.2, -0.15) is 13.2 Å². The van der Waals surface area contributed by atoms with Gasteiger partial charge in [0.25, 0.3) is 0 Å². The van der Waals surface area contributed by atoms with Crippen molar-refractivity contribution in [2.24, 2.45) is 0 Å². The zero-order valence-corrected chi connectivity index (χ0v) is 11.3. The van der Waals surface area contributed by atoms with Crippen LogP contribution in [-0.4, -0.2) is 12.0 Å². The SMILES string of the molecule is CNC(Cc1cccc(C(F)(F)F)c1)c1ccncc1F. The first-order valence-corrected chi connectivity index (χ1v) is 6.34. The minimum Gasteiger partial charge on any atom is -0.313 e. The highest BCUT2D eigenvalue weighted by Crippen LogP contribution is 2.30. The third-order valence-electron chi connectivity index (χ3n) is 3.22. The summed E-state index contributed by atoms with van der Waals surface area (Å²) < 4.78 is 51.8. The number of aromatic nitrogens is 1. The molecule has 112 valence electrons. The van der Waals surface area contributed by atoms with Gasteiger partial charge in [-0.1, -0.05) is 18.2 Å². The minimum atomic E-state index is -4.38. The topological polar surface area (TPSA) is 24.9 Å². The molecule has 6 heteroatoms. The number of nitrogens with zero attached hydrogens (tertiary/aromatic N) is 1. The molecule has 1 heterocycles. The number of rotatable bonds is 4. The Labute approximate surface area is 119 Å². The maximum absolute atomic E-state index is 13.7. The van der Waals surface area contributed by atoms with Crippen molar-refractivity contribution in [1.82, 2.24) is 10.3 Å². The summed E-state index contributed by atoms with van der Waals surface area (Å²) in [5, 5.41) is 2.92. The largest absolute Gasteiger partial charge is 0.416 e. The Morgan fingerprint density at radius 3 is 2.62 bits per heavy atom. The van der Waals surface area contributed by atoms with Gasteiger partial charge in [0.15, 0.2) is 0 Å². The molecule has 1 N–H and O–H groups in total. The first-order valence-electron chi connectivity index (χ1n) is 6.34. The lowest BCUT2D eigenvalue weighted by Crippen LogP contribution is -2.20. The van der Waals surface area contributed by atoms with E-state index >= 15 is 0 Å². The molecule has 0 saturated heterocycles. The van der Waals surface area contributed by atoms with Crippen molar-refractivity contribution >= 4 is 0 Å². The van der Waals surface area contributed by atoms with Crippen LogP contribution >= 0.6 is 0 Å². The highest BCUT2D eigenvalue weighted by Gasteiger charge is 2.30. The third kappa shape index (κ3) is 3.78. The summed E-state index contributed by atoms with van der Waals surface area (Å²) in [6.45, 7) is 0. The highest BCUT2D eigenvalue weighted by atomic mass is 19.4. The molecule has 0 bridgehead atoms. The van der Waals surface area contributed by atoms with Gasteiger partial charge in [-0.05, 0) is 31.2 Å². The molecule has 2 nitrogen and oxygen atoms in total. The Hall–Kier alpha value is -1.95. The Balaban J connectivity index is 2.26. The molecule has 0 spiro atoms. The number of hydrogen-bond donors (Lipinski definition) is 1. The summed E-state index contributed by atoms with van der Waals surface area (Å²) in [5.41, 5.74) is 0.162. The molecule has 1 unspecified atom stereocenters. The quantitative estimate of drug-likeness (QED) is 0.870. The molecule has 1 atom stereocenters. The molecule has 0 radical (unpaired) electrons. The van der Waals surface area contributed by atoms with Crippen LogP contribution in [0.3, 0.4) is 0 Å². The van der Waals surface area contributed by atoms with Crippen molar-refractivity contribution in [3.05, 3.63) is 65.2 Å². The van der Waals surface area contributed by atoms with Crippen LogP contribution in [0.15, 0.2) is 42.7 Å². The molecule has 0 aliphatic rings. The first kappa shape index (κ1) is 15.4. The summed E-state index contributed by atoms with van der Waals surface area (Å²) in [4.78, 5) is 3.66. The van der Waals surface area contributed by atoms with Crippen molar-refractivity contribution in [3.8, 4) is 0 Å². The van der Waals surface area contributed by atoms with Crippen molar-refractivity contribution in [1.29, 1.82) is 0 Å². The molecular formula is C15H14F4N2. The van der Waals surface area contributed by atoms with Crippen LogP contribution in [0.25, 0.3) is 0 Å². The number of hydrogen-bond acceptors (Lipinski definition) is 2. The van der Waals surface area contributed by atoms with Crippen LogP contribution in [-0.2, 0) is 12.6 Å². The molecule has 0 aliphatic heterocycles. The van der Waals surface area contributed by atoms with Crippen LogP contribution in [0.2, 0.25) is 0 Å². The monoisotopic (exact) mass is 298 g/mol. The lowest BCUT2D eigenvalue weighted by molar-refractivity contribution is -0.137. The number of nitrogens with one attached hydrogen (secondary N) is 1. The molecule has 0 fully saturated rings. The van der Waals surface area contributed by atoms with E-state index in [4.69, 9.17) is 0 Å². The Kier molecular flexibility index (Phi) is 4.57. The summed E-state index contributed by atoms with van der Waals surface area (Å²) in [5.74, 6) is -0.483. The van der Waals surface area contributed by atoms with Crippen molar-refractivity contribution in [3.63, 3.8) is 0 Å². The Bertz CT molecular complexity index is 611. The number of benzene rings is 1. The van der Waals surface area contributed by atoms with Gasteiger partial charge < -0.3 is 5.32 Å². The van der Waals surface area contributed by atoms with Gasteiger partial charge in [0.1, 0.15) is 5.82 Å². The molecule has 0 amide bonds. The molecule has 1 aromatic carbocycles. The second-order valence-corrected chi connectivity index (χ2v) is 4.64. The number of likely N-dealkylation sites (N-methyl/N-ethyl adjacent to an activating group) is 1. The molecule has 2 rings (SSSR count). The van der Waals surface area contributed by atoms with E-state index in [1.807, 2.05) is 0 Å². The highest BCUT2D eigenvalue weighted by molar-refractivity contribution is 5.28. The summed E-state index contributed by atoms with van der Waals surface area (Å²) >= 11 is 0. The van der Waals surface area contributed by atoms with Gasteiger partial charge >= 0.3 is 6.18 Å². The molecule has 0 aliphatic carbocycles. The van der Waals surface area contributed by atoms with Gasteiger partial charge in [0.05, 0.1) is 11.8 Å². The van der Waals surface area contributed by atoms with Crippen molar-refractivity contribution < 1.29 is 17.6 Å². The van der Waals surface area contributed by atoms with Gasteiger partial charge in [0.2, 0.25) is 0 Å². The lowest BCUT2D eigenvalue weighted by atomic mass is 9.98. The van der Waals surface area contributed by atoms with Crippen molar-refractivity contribution in [2.45, 2.75) is 18.6 Å². The summed E-state index contributed by atoms with van der Waals surface area (Å²) in [7, 11) is 1.64. The molecule has 21 heavy (non-hydrogen) atoms. The van der Waals surface area contributed by atoms with Crippen LogP contribution in [0.5, 0.6) is 0 Å². The van der Waals surface area contributed by atoms with Crippen LogP contribution < -0.4 is 5.32 Å². The average molecular weight is 298 g/mol. The molecule has 2 aromatic rings. The fraction of sp³-hybridized carbons (Fsp3) is 0.267. The summed E-state index contributed by atoms with van der Waals surface area (Å²) in [6, 6.07) is 6.15. The van der Waals surface area contributed by atoms with Crippen molar-refractivity contribution in [2.75, 3.05) is 7.05 Å². The second kappa shape index (κ2) is 6.22. The Morgan fingerprint density at radius 2 is 2.00 bits per heavy atom. The fourth-order valence-electron chi connectivity index (χ4n) is 2.15. The standard InChI is InChI=1S/C15H14F4N2/c1-20-14(12-5-6-21-9-13(12)16)8-10-3-2-4-11(7-10)15(17,18)19/h2-7,9,14,20H,8H2,1H3. The molecule has 0 saturated carbocycles. The Morgan fingerprint density at radius 1 is 1.24 bits per heavy atom. The van der Waals surface area contributed by atoms with E-state index in [9.17, 15) is 17.6 Å². The van der Waals surface area contributed by atoms with Crippen LogP contribution in [0.1, 0.15) is 22.7 Å².